The van der Waals surface area contributed by atoms with Crippen LogP contribution >= 0.6 is 15.9 Å². The van der Waals surface area contributed by atoms with Crippen molar-refractivity contribution in [2.75, 3.05) is 7.11 Å². The van der Waals surface area contributed by atoms with E-state index in [1.54, 1.807) is 37.4 Å². The molecule has 0 spiro atoms. The molecule has 0 saturated carbocycles. The second kappa shape index (κ2) is 12.4. The number of carbonyl (C=O) groups excluding carboxylic acids is 1. The van der Waals surface area contributed by atoms with Crippen LogP contribution in [0, 0.1) is 11.6 Å². The van der Waals surface area contributed by atoms with E-state index in [9.17, 15) is 13.6 Å². The van der Waals surface area contributed by atoms with Gasteiger partial charge in [-0.2, -0.15) is 0 Å². The van der Waals surface area contributed by atoms with Crippen LogP contribution in [0.25, 0.3) is 0 Å². The zero-order valence-corrected chi connectivity index (χ0v) is 21.5. The predicted octanol–water partition coefficient (Wildman–Crippen LogP) is 7.29. The standard InChI is InChI=1S/C29H23BrF2O5/c1-34-24-12-6-21(7-13-24)18-37-29-25(15-33)26(35-16-19-2-8-22(31)9-3-19)14-27(28(29)30)36-17-20-4-10-23(32)11-5-20/h2-15H,16-18H2,1H3. The number of carbonyl (C=O) groups is 1. The van der Waals surface area contributed by atoms with E-state index < -0.39 is 0 Å². The summed E-state index contributed by atoms with van der Waals surface area (Å²) in [6, 6.07) is 20.7. The molecule has 0 aliphatic rings. The SMILES string of the molecule is COc1ccc(COc2c(Br)c(OCc3ccc(F)cc3)cc(OCc3ccc(F)cc3)c2C=O)cc1. The maximum Gasteiger partial charge on any atom is 0.157 e. The Morgan fingerprint density at radius 2 is 1.16 bits per heavy atom. The quantitative estimate of drug-likeness (QED) is 0.178. The van der Waals surface area contributed by atoms with Crippen LogP contribution < -0.4 is 18.9 Å². The lowest BCUT2D eigenvalue weighted by atomic mass is 10.1. The van der Waals surface area contributed by atoms with Crippen LogP contribution in [0.4, 0.5) is 8.78 Å². The molecule has 0 saturated heterocycles. The Hall–Kier alpha value is -3.91. The third-order valence-electron chi connectivity index (χ3n) is 5.46. The van der Waals surface area contributed by atoms with Crippen molar-refractivity contribution in [3.05, 3.63) is 117 Å². The highest BCUT2D eigenvalue weighted by molar-refractivity contribution is 9.10. The molecule has 8 heteroatoms. The number of hydrogen-bond acceptors (Lipinski definition) is 5. The van der Waals surface area contributed by atoms with Gasteiger partial charge in [-0.3, -0.25) is 4.79 Å². The molecule has 4 aromatic carbocycles. The zero-order valence-electron chi connectivity index (χ0n) is 19.9. The zero-order chi connectivity index (χ0) is 26.2. The van der Waals surface area contributed by atoms with Gasteiger partial charge in [0.2, 0.25) is 0 Å². The van der Waals surface area contributed by atoms with Crippen molar-refractivity contribution in [1.29, 1.82) is 0 Å². The highest BCUT2D eigenvalue weighted by atomic mass is 79.9. The van der Waals surface area contributed by atoms with Gasteiger partial charge in [-0.25, -0.2) is 8.78 Å². The lowest BCUT2D eigenvalue weighted by Gasteiger charge is -2.18. The first-order valence-electron chi connectivity index (χ1n) is 11.3. The van der Waals surface area contributed by atoms with E-state index in [0.29, 0.717) is 22.3 Å². The van der Waals surface area contributed by atoms with E-state index in [1.165, 1.54) is 24.3 Å². The van der Waals surface area contributed by atoms with Crippen LogP contribution in [-0.4, -0.2) is 13.4 Å². The fraction of sp³-hybridized carbons (Fsp3) is 0.138. The Balaban J connectivity index is 1.62. The van der Waals surface area contributed by atoms with E-state index in [4.69, 9.17) is 18.9 Å². The summed E-state index contributed by atoms with van der Waals surface area (Å²) < 4.78 is 50.2. The van der Waals surface area contributed by atoms with Gasteiger partial charge in [-0.1, -0.05) is 36.4 Å². The molecular weight excluding hydrogens is 546 g/mol. The van der Waals surface area contributed by atoms with Gasteiger partial charge in [0.15, 0.2) is 12.0 Å². The molecule has 0 unspecified atom stereocenters. The van der Waals surface area contributed by atoms with Gasteiger partial charge in [-0.15, -0.1) is 0 Å². The summed E-state index contributed by atoms with van der Waals surface area (Å²) in [4.78, 5) is 12.2. The molecule has 190 valence electrons. The molecule has 0 fully saturated rings. The average Bonchev–Trinajstić information content (AvgIpc) is 2.92. The number of halogens is 3. The molecule has 0 bridgehead atoms. The van der Waals surface area contributed by atoms with E-state index >= 15 is 0 Å². The summed E-state index contributed by atoms with van der Waals surface area (Å²) in [6.45, 7) is 0.412. The monoisotopic (exact) mass is 568 g/mol. The molecule has 37 heavy (non-hydrogen) atoms. The fourth-order valence-electron chi connectivity index (χ4n) is 3.44. The number of benzene rings is 4. The van der Waals surface area contributed by atoms with Crippen molar-refractivity contribution < 1.29 is 32.5 Å². The highest BCUT2D eigenvalue weighted by Crippen LogP contribution is 2.43. The first kappa shape index (κ1) is 26.2. The minimum Gasteiger partial charge on any atom is -0.497 e. The van der Waals surface area contributed by atoms with Gasteiger partial charge >= 0.3 is 0 Å². The van der Waals surface area contributed by atoms with Crippen LogP contribution in [0.2, 0.25) is 0 Å². The molecule has 0 aliphatic carbocycles. The minimum absolute atomic E-state index is 0.0953. The van der Waals surface area contributed by atoms with Crippen LogP contribution in [0.1, 0.15) is 27.0 Å². The van der Waals surface area contributed by atoms with Gasteiger partial charge in [0.1, 0.15) is 53.2 Å². The summed E-state index contributed by atoms with van der Waals surface area (Å²) in [5.41, 5.74) is 2.52. The summed E-state index contributed by atoms with van der Waals surface area (Å²) in [5, 5.41) is 0. The van der Waals surface area contributed by atoms with Gasteiger partial charge < -0.3 is 18.9 Å². The number of hydrogen-bond donors (Lipinski definition) is 0. The molecule has 0 aliphatic heterocycles. The Kier molecular flexibility index (Phi) is 8.74. The van der Waals surface area contributed by atoms with Crippen molar-refractivity contribution in [1.82, 2.24) is 0 Å². The van der Waals surface area contributed by atoms with Crippen molar-refractivity contribution in [2.24, 2.45) is 0 Å². The third-order valence-corrected chi connectivity index (χ3v) is 6.21. The van der Waals surface area contributed by atoms with E-state index in [2.05, 4.69) is 15.9 Å². The molecule has 0 atom stereocenters. The summed E-state index contributed by atoms with van der Waals surface area (Å²) in [7, 11) is 1.59. The lowest BCUT2D eigenvalue weighted by molar-refractivity contribution is 0.111. The number of aldehydes is 1. The highest BCUT2D eigenvalue weighted by Gasteiger charge is 2.21. The summed E-state index contributed by atoms with van der Waals surface area (Å²) in [5.74, 6) is 0.871. The van der Waals surface area contributed by atoms with Crippen LogP contribution in [-0.2, 0) is 19.8 Å². The van der Waals surface area contributed by atoms with Gasteiger partial charge in [-0.05, 0) is 69.0 Å². The van der Waals surface area contributed by atoms with Gasteiger partial charge in [0, 0.05) is 6.07 Å². The molecule has 0 N–H and O–H groups in total. The number of rotatable bonds is 11. The lowest BCUT2D eigenvalue weighted by Crippen LogP contribution is -2.06. The second-order valence-corrected chi connectivity index (χ2v) is 8.81. The molecule has 4 aromatic rings. The summed E-state index contributed by atoms with van der Waals surface area (Å²) >= 11 is 3.51. The fourth-order valence-corrected chi connectivity index (χ4v) is 4.00. The first-order chi connectivity index (χ1) is 18.0. The van der Waals surface area contributed by atoms with Crippen LogP contribution in [0.15, 0.2) is 83.3 Å². The first-order valence-corrected chi connectivity index (χ1v) is 12.1. The van der Waals surface area contributed by atoms with E-state index in [0.717, 1.165) is 16.7 Å². The Bertz CT molecular complexity index is 1340. The smallest absolute Gasteiger partial charge is 0.157 e. The maximum atomic E-state index is 13.3. The Morgan fingerprint density at radius 1 is 0.703 bits per heavy atom. The Labute approximate surface area is 221 Å². The van der Waals surface area contributed by atoms with Crippen molar-refractivity contribution in [3.8, 4) is 23.0 Å². The number of methoxy groups -OCH3 is 1. The molecular formula is C29H23BrF2O5. The number of ether oxygens (including phenoxy) is 4. The average molecular weight is 569 g/mol. The normalized spacial score (nSPS) is 10.6. The van der Waals surface area contributed by atoms with Crippen LogP contribution in [0.3, 0.4) is 0 Å². The van der Waals surface area contributed by atoms with Crippen molar-refractivity contribution >= 4 is 22.2 Å². The molecule has 0 amide bonds. The minimum atomic E-state index is -0.355. The van der Waals surface area contributed by atoms with Gasteiger partial charge in [0.05, 0.1) is 12.7 Å². The molecule has 5 nitrogen and oxygen atoms in total. The molecule has 0 aromatic heterocycles. The molecule has 0 radical (unpaired) electrons. The third kappa shape index (κ3) is 6.86. The molecule has 4 rings (SSSR count). The largest absolute Gasteiger partial charge is 0.497 e. The summed E-state index contributed by atoms with van der Waals surface area (Å²) in [6.07, 6.45) is 0.651. The van der Waals surface area contributed by atoms with Crippen molar-refractivity contribution in [3.63, 3.8) is 0 Å². The maximum absolute atomic E-state index is 13.3. The topological polar surface area (TPSA) is 54.0 Å². The van der Waals surface area contributed by atoms with Gasteiger partial charge in [0.25, 0.3) is 0 Å². The van der Waals surface area contributed by atoms with Crippen LogP contribution in [0.5, 0.6) is 23.0 Å². The predicted molar refractivity (Wildman–Crippen MR) is 138 cm³/mol. The Morgan fingerprint density at radius 3 is 1.65 bits per heavy atom. The van der Waals surface area contributed by atoms with E-state index in [1.807, 2.05) is 24.3 Å². The molecule has 0 heterocycles. The van der Waals surface area contributed by atoms with E-state index in [-0.39, 0.29) is 48.5 Å². The second-order valence-electron chi connectivity index (χ2n) is 8.01. The van der Waals surface area contributed by atoms with Crippen molar-refractivity contribution in [2.45, 2.75) is 19.8 Å².